The van der Waals surface area contributed by atoms with E-state index < -0.39 is 23.5 Å². The van der Waals surface area contributed by atoms with Crippen LogP contribution in [0.25, 0.3) is 11.0 Å². The van der Waals surface area contributed by atoms with Crippen molar-refractivity contribution in [3.8, 4) is 5.75 Å². The number of tetrazole rings is 1. The summed E-state index contributed by atoms with van der Waals surface area (Å²) >= 11 is 0. The molecule has 0 aliphatic rings. The number of aryl methyl sites for hydroxylation is 2. The molecular weight excluding hydrogens is 394 g/mol. The number of carboxylic acid groups (broad SMARTS) is 1. The van der Waals surface area contributed by atoms with Crippen LogP contribution >= 0.6 is 0 Å². The summed E-state index contributed by atoms with van der Waals surface area (Å²) in [5.74, 6) is -0.676. The number of benzene rings is 1. The molecule has 0 fully saturated rings. The Morgan fingerprint density at radius 1 is 1.30 bits per heavy atom. The van der Waals surface area contributed by atoms with Crippen LogP contribution in [0.3, 0.4) is 0 Å². The summed E-state index contributed by atoms with van der Waals surface area (Å²) in [5.41, 5.74) is 1.58. The molecule has 0 radical (unpaired) electrons. The molecular formula is C19H21N5O6. The van der Waals surface area contributed by atoms with E-state index in [4.69, 9.17) is 14.3 Å². The number of hydrogen-bond acceptors (Lipinski definition) is 8. The van der Waals surface area contributed by atoms with Gasteiger partial charge in [0.05, 0.1) is 0 Å². The third-order valence-electron chi connectivity index (χ3n) is 4.75. The number of nitrogens with zero attached hydrogens (tertiary/aromatic N) is 3. The first-order chi connectivity index (χ1) is 14.3. The largest absolute Gasteiger partial charge is 0.485 e. The van der Waals surface area contributed by atoms with Crippen LogP contribution in [0.4, 0.5) is 0 Å². The van der Waals surface area contributed by atoms with Crippen molar-refractivity contribution in [1.82, 2.24) is 25.9 Å². The van der Waals surface area contributed by atoms with Gasteiger partial charge >= 0.3 is 11.6 Å². The van der Waals surface area contributed by atoms with Gasteiger partial charge in [-0.3, -0.25) is 9.59 Å². The van der Waals surface area contributed by atoms with E-state index in [1.165, 1.54) is 6.92 Å². The lowest BCUT2D eigenvalue weighted by molar-refractivity contribution is -0.141. The molecule has 1 atom stereocenters. The van der Waals surface area contributed by atoms with Crippen LogP contribution in [0.15, 0.2) is 21.3 Å². The topological polar surface area (TPSA) is 160 Å². The maximum absolute atomic E-state index is 12.5. The summed E-state index contributed by atoms with van der Waals surface area (Å²) in [7, 11) is 0. The average molecular weight is 415 g/mol. The zero-order valence-corrected chi connectivity index (χ0v) is 16.7. The second kappa shape index (κ2) is 8.72. The summed E-state index contributed by atoms with van der Waals surface area (Å²) in [6, 6.07) is 2.54. The summed E-state index contributed by atoms with van der Waals surface area (Å²) in [6.07, 6.45) is 0.108. The number of H-pyrrole nitrogens is 1. The summed E-state index contributed by atoms with van der Waals surface area (Å²) in [4.78, 5) is 35.3. The lowest BCUT2D eigenvalue weighted by atomic mass is 10.00. The molecule has 0 bridgehead atoms. The van der Waals surface area contributed by atoms with Gasteiger partial charge in [0.25, 0.3) is 0 Å². The lowest BCUT2D eigenvalue weighted by Crippen LogP contribution is -2.38. The van der Waals surface area contributed by atoms with E-state index in [0.717, 1.165) is 5.39 Å². The highest BCUT2D eigenvalue weighted by atomic mass is 16.5. The third kappa shape index (κ3) is 4.45. The smallest absolute Gasteiger partial charge is 0.339 e. The molecule has 1 aromatic carbocycles. The molecule has 158 valence electrons. The molecule has 0 saturated carbocycles. The summed E-state index contributed by atoms with van der Waals surface area (Å²) in [5, 5.41) is 25.4. The van der Waals surface area contributed by atoms with E-state index in [2.05, 4.69) is 25.9 Å². The molecule has 3 N–H and O–H groups in total. The molecule has 3 aromatic rings. The first kappa shape index (κ1) is 21.0. The highest BCUT2D eigenvalue weighted by Crippen LogP contribution is 2.30. The lowest BCUT2D eigenvalue weighted by Gasteiger charge is -2.13. The molecule has 3 rings (SSSR count). The highest BCUT2D eigenvalue weighted by Gasteiger charge is 2.18. The van der Waals surface area contributed by atoms with Crippen LogP contribution in [0, 0.1) is 13.8 Å². The van der Waals surface area contributed by atoms with Crippen LogP contribution in [-0.2, 0) is 22.6 Å². The second-order valence-electron chi connectivity index (χ2n) is 6.80. The fourth-order valence-corrected chi connectivity index (χ4v) is 3.02. The number of amides is 1. The number of carbonyl (C=O) groups excluding carboxylic acids is 1. The van der Waals surface area contributed by atoms with Gasteiger partial charge in [-0.2, -0.15) is 5.21 Å². The van der Waals surface area contributed by atoms with E-state index >= 15 is 0 Å². The molecule has 11 nitrogen and oxygen atoms in total. The maximum atomic E-state index is 12.5. The number of aliphatic carboxylic acids is 1. The minimum absolute atomic E-state index is 0.0282. The zero-order chi connectivity index (χ0) is 21.8. The SMILES string of the molecule is Cc1c(CCC(=O)N[C@H](C)C(=O)O)c(=O)oc2c(C)c(OCc3nn[nH]n3)ccc12. The van der Waals surface area contributed by atoms with E-state index in [-0.39, 0.29) is 19.4 Å². The van der Waals surface area contributed by atoms with Crippen LogP contribution < -0.4 is 15.7 Å². The monoisotopic (exact) mass is 415 g/mol. The van der Waals surface area contributed by atoms with E-state index in [0.29, 0.717) is 33.8 Å². The first-order valence-electron chi connectivity index (χ1n) is 9.21. The van der Waals surface area contributed by atoms with Crippen molar-refractivity contribution in [2.75, 3.05) is 0 Å². The Morgan fingerprint density at radius 2 is 2.07 bits per heavy atom. The predicted molar refractivity (Wildman–Crippen MR) is 104 cm³/mol. The van der Waals surface area contributed by atoms with Gasteiger partial charge < -0.3 is 19.6 Å². The van der Waals surface area contributed by atoms with E-state index in [1.807, 2.05) is 0 Å². The molecule has 1 amide bonds. The van der Waals surface area contributed by atoms with Crippen LogP contribution in [0.5, 0.6) is 5.75 Å². The van der Waals surface area contributed by atoms with Gasteiger partial charge in [0, 0.05) is 22.9 Å². The Labute approximate surface area is 170 Å². The number of nitrogens with one attached hydrogen (secondary N) is 2. The number of aromatic amines is 1. The number of rotatable bonds is 8. The Bertz CT molecular complexity index is 1140. The quantitative estimate of drug-likeness (QED) is 0.456. The van der Waals surface area contributed by atoms with Crippen LogP contribution in [-0.4, -0.2) is 43.6 Å². The van der Waals surface area contributed by atoms with Gasteiger partial charge in [0.1, 0.15) is 17.4 Å². The molecule has 0 aliphatic carbocycles. The normalized spacial score (nSPS) is 12.0. The highest BCUT2D eigenvalue weighted by molar-refractivity contribution is 5.86. The number of hydrogen-bond donors (Lipinski definition) is 3. The molecule has 0 unspecified atom stereocenters. The number of carboxylic acids is 1. The maximum Gasteiger partial charge on any atom is 0.339 e. The predicted octanol–water partition coefficient (Wildman–Crippen LogP) is 1.02. The standard InChI is InChI=1S/C19H21N5O6/c1-9-12-4-6-14(29-8-15-21-23-24-22-15)10(2)17(12)30-19(28)13(9)5-7-16(25)20-11(3)18(26)27/h4,6,11H,5,7-8H2,1-3H3,(H,20,25)(H,26,27)(H,21,22,23,24)/t11-/m1/s1. The number of aromatic nitrogens is 4. The van der Waals surface area contributed by atoms with Crippen LogP contribution in [0.1, 0.15) is 35.9 Å². The number of carbonyl (C=O) groups is 2. The van der Waals surface area contributed by atoms with Gasteiger partial charge in [0.2, 0.25) is 11.7 Å². The van der Waals surface area contributed by atoms with Crippen molar-refractivity contribution < 1.29 is 23.8 Å². The fraction of sp³-hybridized carbons (Fsp3) is 0.368. The molecule has 0 spiro atoms. The molecule has 2 aromatic heterocycles. The minimum Gasteiger partial charge on any atom is -0.485 e. The van der Waals surface area contributed by atoms with Crippen molar-refractivity contribution in [3.05, 3.63) is 45.1 Å². The third-order valence-corrected chi connectivity index (χ3v) is 4.75. The second-order valence-corrected chi connectivity index (χ2v) is 6.80. The van der Waals surface area contributed by atoms with Gasteiger partial charge in [0.15, 0.2) is 6.61 Å². The molecule has 0 saturated heterocycles. The fourth-order valence-electron chi connectivity index (χ4n) is 3.02. The Kier molecular flexibility index (Phi) is 6.09. The average Bonchev–Trinajstić information content (AvgIpc) is 3.21. The summed E-state index contributed by atoms with van der Waals surface area (Å²) in [6.45, 7) is 5.04. The van der Waals surface area contributed by atoms with Gasteiger partial charge in [-0.1, -0.05) is 5.21 Å². The molecule has 0 aliphatic heterocycles. The van der Waals surface area contributed by atoms with Gasteiger partial charge in [-0.05, 0) is 44.9 Å². The Hall–Kier alpha value is -3.76. The van der Waals surface area contributed by atoms with Gasteiger partial charge in [-0.25, -0.2) is 4.79 Å². The first-order valence-corrected chi connectivity index (χ1v) is 9.21. The van der Waals surface area contributed by atoms with Crippen LogP contribution in [0.2, 0.25) is 0 Å². The van der Waals surface area contributed by atoms with Crippen molar-refractivity contribution in [2.24, 2.45) is 0 Å². The van der Waals surface area contributed by atoms with Crippen molar-refractivity contribution >= 4 is 22.8 Å². The Morgan fingerprint density at radius 3 is 2.73 bits per heavy atom. The van der Waals surface area contributed by atoms with Gasteiger partial charge in [-0.15, -0.1) is 10.2 Å². The summed E-state index contributed by atoms with van der Waals surface area (Å²) < 4.78 is 11.2. The van der Waals surface area contributed by atoms with Crippen molar-refractivity contribution in [1.29, 1.82) is 0 Å². The van der Waals surface area contributed by atoms with E-state index in [9.17, 15) is 14.4 Å². The van der Waals surface area contributed by atoms with Crippen molar-refractivity contribution in [2.45, 2.75) is 46.3 Å². The minimum atomic E-state index is -1.13. The molecule has 11 heteroatoms. The number of fused-ring (bicyclic) bond motifs is 1. The number of ether oxygens (including phenoxy) is 1. The van der Waals surface area contributed by atoms with Crippen molar-refractivity contribution in [3.63, 3.8) is 0 Å². The molecule has 30 heavy (non-hydrogen) atoms. The zero-order valence-electron chi connectivity index (χ0n) is 16.7. The molecule has 2 heterocycles. The Balaban J connectivity index is 1.81. The van der Waals surface area contributed by atoms with E-state index in [1.54, 1.807) is 26.0 Å².